The Balaban J connectivity index is 1.52. The van der Waals surface area contributed by atoms with Gasteiger partial charge in [-0.25, -0.2) is 0 Å². The summed E-state index contributed by atoms with van der Waals surface area (Å²) < 4.78 is 12.6. The standard InChI is InChI=1S/C15H26BNO2/c1-13(2)14(3,4)19-16(18-13)12-9-15(12)10-17-7-5-11(15)6-8-17/h11-12H,5-10H2,1-4H3. The van der Waals surface area contributed by atoms with Gasteiger partial charge in [-0.2, -0.15) is 0 Å². The lowest BCUT2D eigenvalue weighted by Crippen LogP contribution is -2.49. The van der Waals surface area contributed by atoms with Gasteiger partial charge in [0.15, 0.2) is 0 Å². The molecule has 0 N–H and O–H groups in total. The molecule has 0 aromatic carbocycles. The van der Waals surface area contributed by atoms with Crippen molar-refractivity contribution in [3.8, 4) is 0 Å². The van der Waals surface area contributed by atoms with Gasteiger partial charge in [-0.15, -0.1) is 0 Å². The molecule has 4 heterocycles. The molecule has 5 aliphatic rings. The van der Waals surface area contributed by atoms with E-state index in [-0.39, 0.29) is 18.3 Å². The second kappa shape index (κ2) is 3.58. The zero-order chi connectivity index (χ0) is 13.5. The van der Waals surface area contributed by atoms with Gasteiger partial charge in [0.2, 0.25) is 0 Å². The summed E-state index contributed by atoms with van der Waals surface area (Å²) >= 11 is 0. The van der Waals surface area contributed by atoms with Crippen LogP contribution >= 0.6 is 0 Å². The topological polar surface area (TPSA) is 21.7 Å². The SMILES string of the molecule is CC1(C)OB(C2CC23CN2CCC3CC2)OC1(C)C. The molecule has 19 heavy (non-hydrogen) atoms. The fourth-order valence-electron chi connectivity index (χ4n) is 4.63. The van der Waals surface area contributed by atoms with Gasteiger partial charge in [0.1, 0.15) is 0 Å². The highest BCUT2D eigenvalue weighted by Crippen LogP contribution is 2.70. The van der Waals surface area contributed by atoms with Crippen LogP contribution in [0.1, 0.15) is 47.0 Å². The van der Waals surface area contributed by atoms with Crippen molar-refractivity contribution < 1.29 is 9.31 Å². The van der Waals surface area contributed by atoms with Gasteiger partial charge >= 0.3 is 7.12 Å². The molecular weight excluding hydrogens is 237 g/mol. The van der Waals surface area contributed by atoms with Crippen LogP contribution in [0.5, 0.6) is 0 Å². The Labute approximate surface area is 117 Å². The summed E-state index contributed by atoms with van der Waals surface area (Å²) in [7, 11) is 0.0329. The van der Waals surface area contributed by atoms with Gasteiger partial charge in [-0.3, -0.25) is 0 Å². The van der Waals surface area contributed by atoms with Crippen LogP contribution in [-0.4, -0.2) is 42.9 Å². The van der Waals surface area contributed by atoms with Crippen LogP contribution in [-0.2, 0) is 9.31 Å². The van der Waals surface area contributed by atoms with Gasteiger partial charge < -0.3 is 14.2 Å². The summed E-state index contributed by atoms with van der Waals surface area (Å²) in [5, 5.41) is 0. The first-order valence-corrected chi connectivity index (χ1v) is 7.92. The van der Waals surface area contributed by atoms with E-state index in [4.69, 9.17) is 9.31 Å². The maximum absolute atomic E-state index is 6.28. The maximum atomic E-state index is 6.28. The maximum Gasteiger partial charge on any atom is 0.461 e. The van der Waals surface area contributed by atoms with E-state index in [2.05, 4.69) is 32.6 Å². The third kappa shape index (κ3) is 1.63. The van der Waals surface area contributed by atoms with Gasteiger partial charge in [-0.1, -0.05) is 0 Å². The zero-order valence-corrected chi connectivity index (χ0v) is 12.7. The average molecular weight is 263 g/mol. The number of rotatable bonds is 1. The summed E-state index contributed by atoms with van der Waals surface area (Å²) in [4.78, 5) is 2.66. The molecule has 106 valence electrons. The van der Waals surface area contributed by atoms with E-state index in [0.29, 0.717) is 11.2 Å². The number of fused-ring (bicyclic) bond motifs is 2. The summed E-state index contributed by atoms with van der Waals surface area (Å²) in [6.07, 6.45) is 4.12. The molecule has 2 bridgehead atoms. The summed E-state index contributed by atoms with van der Waals surface area (Å²) in [5.74, 6) is 1.57. The molecule has 1 spiro atoms. The molecule has 1 saturated carbocycles. The fourth-order valence-corrected chi connectivity index (χ4v) is 4.63. The number of nitrogens with zero attached hydrogens (tertiary/aromatic N) is 1. The molecule has 4 heteroatoms. The molecule has 0 aromatic heterocycles. The average Bonchev–Trinajstić information content (AvgIpc) is 2.97. The smallest absolute Gasteiger partial charge is 0.403 e. The van der Waals surface area contributed by atoms with Crippen molar-refractivity contribution in [3.63, 3.8) is 0 Å². The van der Waals surface area contributed by atoms with E-state index < -0.39 is 0 Å². The minimum Gasteiger partial charge on any atom is -0.403 e. The van der Waals surface area contributed by atoms with E-state index >= 15 is 0 Å². The van der Waals surface area contributed by atoms with Gasteiger partial charge in [0.25, 0.3) is 0 Å². The van der Waals surface area contributed by atoms with Crippen molar-refractivity contribution in [2.75, 3.05) is 19.6 Å². The van der Waals surface area contributed by atoms with Gasteiger partial charge in [-0.05, 0) is 71.4 Å². The lowest BCUT2D eigenvalue weighted by atomic mass is 9.67. The predicted octanol–water partition coefficient (Wildman–Crippen LogP) is 2.56. The molecule has 1 aliphatic carbocycles. The second-order valence-electron chi connectivity index (χ2n) is 8.22. The van der Waals surface area contributed by atoms with Crippen LogP contribution in [0.2, 0.25) is 5.82 Å². The molecule has 5 fully saturated rings. The van der Waals surface area contributed by atoms with Crippen LogP contribution in [0.15, 0.2) is 0 Å². The number of hydrogen-bond donors (Lipinski definition) is 0. The van der Waals surface area contributed by atoms with Gasteiger partial charge in [0, 0.05) is 12.4 Å². The molecule has 0 aromatic rings. The molecule has 0 radical (unpaired) electrons. The van der Waals surface area contributed by atoms with Gasteiger partial charge in [0.05, 0.1) is 11.2 Å². The predicted molar refractivity (Wildman–Crippen MR) is 76.0 cm³/mol. The van der Waals surface area contributed by atoms with Crippen LogP contribution in [0.3, 0.4) is 0 Å². The van der Waals surface area contributed by atoms with Crippen LogP contribution in [0.25, 0.3) is 0 Å². The van der Waals surface area contributed by atoms with Crippen LogP contribution in [0, 0.1) is 11.3 Å². The quantitative estimate of drug-likeness (QED) is 0.679. The molecule has 0 amide bonds. The lowest BCUT2D eigenvalue weighted by molar-refractivity contribution is 0.00578. The molecule has 2 unspecified atom stereocenters. The molecule has 2 atom stereocenters. The third-order valence-corrected chi connectivity index (χ3v) is 6.70. The minimum absolute atomic E-state index is 0.0329. The Hall–Kier alpha value is -0.0551. The summed E-state index contributed by atoms with van der Waals surface area (Å²) in [5.41, 5.74) is 0.197. The summed E-state index contributed by atoms with van der Waals surface area (Å²) in [6, 6.07) is 0. The molecule has 5 rings (SSSR count). The van der Waals surface area contributed by atoms with Crippen molar-refractivity contribution in [3.05, 3.63) is 0 Å². The minimum atomic E-state index is -0.171. The Bertz CT molecular complexity index is 387. The zero-order valence-electron chi connectivity index (χ0n) is 12.7. The summed E-state index contributed by atoms with van der Waals surface area (Å²) in [6.45, 7) is 12.6. The Kier molecular flexibility index (Phi) is 2.39. The van der Waals surface area contributed by atoms with Crippen molar-refractivity contribution in [1.82, 2.24) is 4.90 Å². The van der Waals surface area contributed by atoms with E-state index in [1.54, 1.807) is 0 Å². The van der Waals surface area contributed by atoms with Crippen LogP contribution < -0.4 is 0 Å². The van der Waals surface area contributed by atoms with E-state index in [9.17, 15) is 0 Å². The normalized spacial score (nSPS) is 49.9. The third-order valence-electron chi connectivity index (χ3n) is 6.70. The molecular formula is C15H26BNO2. The first-order chi connectivity index (χ1) is 8.84. The van der Waals surface area contributed by atoms with Crippen molar-refractivity contribution >= 4 is 7.12 Å². The first-order valence-electron chi connectivity index (χ1n) is 7.92. The highest BCUT2D eigenvalue weighted by molar-refractivity contribution is 6.49. The van der Waals surface area contributed by atoms with E-state index in [0.717, 1.165) is 5.92 Å². The van der Waals surface area contributed by atoms with Crippen molar-refractivity contribution in [2.24, 2.45) is 11.3 Å². The Morgan fingerprint density at radius 3 is 2.05 bits per heavy atom. The monoisotopic (exact) mass is 263 g/mol. The number of hydrogen-bond acceptors (Lipinski definition) is 3. The fraction of sp³-hybridized carbons (Fsp3) is 1.00. The number of piperidine rings is 3. The highest BCUT2D eigenvalue weighted by atomic mass is 16.7. The lowest BCUT2D eigenvalue weighted by Gasteiger charge is -2.46. The first kappa shape index (κ1) is 12.7. The van der Waals surface area contributed by atoms with Crippen LogP contribution in [0.4, 0.5) is 0 Å². The molecule has 3 nitrogen and oxygen atoms in total. The molecule has 4 aliphatic heterocycles. The van der Waals surface area contributed by atoms with E-state index in [1.165, 1.54) is 38.9 Å². The van der Waals surface area contributed by atoms with E-state index in [1.807, 2.05) is 0 Å². The van der Waals surface area contributed by atoms with Crippen molar-refractivity contribution in [1.29, 1.82) is 0 Å². The second-order valence-corrected chi connectivity index (χ2v) is 8.22. The largest absolute Gasteiger partial charge is 0.461 e. The highest BCUT2D eigenvalue weighted by Gasteiger charge is 2.70. The Morgan fingerprint density at radius 1 is 1.00 bits per heavy atom. The van der Waals surface area contributed by atoms with Crippen molar-refractivity contribution in [2.45, 2.75) is 64.0 Å². The Morgan fingerprint density at radius 2 is 1.58 bits per heavy atom. The molecule has 4 saturated heterocycles.